The molecule has 1 aliphatic carbocycles. The van der Waals surface area contributed by atoms with Crippen LogP contribution in [0.3, 0.4) is 0 Å². The summed E-state index contributed by atoms with van der Waals surface area (Å²) >= 11 is 6.14. The molecule has 31 heavy (non-hydrogen) atoms. The van der Waals surface area contributed by atoms with Gasteiger partial charge in [0.2, 0.25) is 0 Å². The van der Waals surface area contributed by atoms with E-state index in [-0.39, 0.29) is 22.5 Å². The van der Waals surface area contributed by atoms with E-state index in [9.17, 15) is 19.5 Å². The van der Waals surface area contributed by atoms with E-state index in [2.05, 4.69) is 4.98 Å². The number of Topliss-reactive ketones (excluding diaryl/α,β-unsaturated/α-hetero) is 1. The molecule has 0 aliphatic heterocycles. The van der Waals surface area contributed by atoms with Crippen molar-refractivity contribution in [2.75, 3.05) is 4.90 Å². The molecule has 2 aromatic heterocycles. The number of rotatable bonds is 5. The Morgan fingerprint density at radius 3 is 2.29 bits per heavy atom. The molecule has 0 unspecified atom stereocenters. The lowest BCUT2D eigenvalue weighted by atomic mass is 9.91. The van der Waals surface area contributed by atoms with Crippen molar-refractivity contribution in [3.05, 3.63) is 45.5 Å². The van der Waals surface area contributed by atoms with E-state index < -0.39 is 23.7 Å². The van der Waals surface area contributed by atoms with Gasteiger partial charge < -0.3 is 20.3 Å². The summed E-state index contributed by atoms with van der Waals surface area (Å²) in [5, 5.41) is 10.1. The molecule has 0 bridgehead atoms. The normalized spacial score (nSPS) is 18.6. The Hall–Kier alpha value is -2.71. The predicted molar refractivity (Wildman–Crippen MR) is 117 cm³/mol. The van der Waals surface area contributed by atoms with Crippen molar-refractivity contribution >= 4 is 34.9 Å². The third-order valence-corrected chi connectivity index (χ3v) is 6.22. The molecule has 0 radical (unpaired) electrons. The summed E-state index contributed by atoms with van der Waals surface area (Å²) in [6.07, 6.45) is 1.76. The topological polar surface area (TPSA) is 119 Å². The SMILES string of the molecule is Cc1cc(N(C(=O)C(=O)c2c(C)c(C(N)=O)c(C)n2C)C2CCC(O)CC2)cc(Cl)n1. The van der Waals surface area contributed by atoms with Crippen molar-refractivity contribution in [3.8, 4) is 0 Å². The van der Waals surface area contributed by atoms with E-state index in [4.69, 9.17) is 17.3 Å². The number of carbonyl (C=O) groups is 3. The second kappa shape index (κ2) is 8.80. The lowest BCUT2D eigenvalue weighted by Crippen LogP contribution is -2.47. The van der Waals surface area contributed by atoms with Gasteiger partial charge in [0, 0.05) is 30.2 Å². The summed E-state index contributed by atoms with van der Waals surface area (Å²) in [6.45, 7) is 5.05. The number of anilines is 1. The minimum absolute atomic E-state index is 0.133. The number of aryl methyl sites for hydroxylation is 1. The Kier molecular flexibility index (Phi) is 6.52. The number of amides is 2. The molecule has 9 heteroatoms. The molecule has 0 spiro atoms. The second-order valence-corrected chi connectivity index (χ2v) is 8.50. The molecule has 3 rings (SSSR count). The summed E-state index contributed by atoms with van der Waals surface area (Å²) in [4.78, 5) is 44.4. The molecule has 2 amide bonds. The first kappa shape index (κ1) is 23.0. The van der Waals surface area contributed by atoms with Crippen LogP contribution in [0.1, 0.15) is 63.5 Å². The molecule has 0 atom stereocenters. The minimum Gasteiger partial charge on any atom is -0.393 e. The second-order valence-electron chi connectivity index (χ2n) is 8.11. The number of nitrogens with two attached hydrogens (primary N) is 1. The summed E-state index contributed by atoms with van der Waals surface area (Å²) in [5.41, 5.74) is 7.87. The molecule has 2 aromatic rings. The number of pyridine rings is 1. The van der Waals surface area contributed by atoms with Crippen molar-refractivity contribution in [1.29, 1.82) is 0 Å². The Bertz CT molecular complexity index is 1030. The highest BCUT2D eigenvalue weighted by molar-refractivity contribution is 6.47. The van der Waals surface area contributed by atoms with Gasteiger partial charge in [-0.3, -0.25) is 14.4 Å². The summed E-state index contributed by atoms with van der Waals surface area (Å²) < 4.78 is 1.53. The maximum absolute atomic E-state index is 13.6. The van der Waals surface area contributed by atoms with Gasteiger partial charge in [-0.15, -0.1) is 0 Å². The van der Waals surface area contributed by atoms with E-state index in [0.29, 0.717) is 48.3 Å². The Morgan fingerprint density at radius 1 is 1.16 bits per heavy atom. The molecule has 1 fully saturated rings. The van der Waals surface area contributed by atoms with Gasteiger partial charge in [0.15, 0.2) is 0 Å². The van der Waals surface area contributed by atoms with Gasteiger partial charge in [-0.25, -0.2) is 4.98 Å². The quantitative estimate of drug-likeness (QED) is 0.415. The van der Waals surface area contributed by atoms with Crippen molar-refractivity contribution in [3.63, 3.8) is 0 Å². The van der Waals surface area contributed by atoms with Gasteiger partial charge in [-0.1, -0.05) is 11.6 Å². The first-order chi connectivity index (χ1) is 14.5. The lowest BCUT2D eigenvalue weighted by Gasteiger charge is -2.35. The molecule has 2 heterocycles. The van der Waals surface area contributed by atoms with Crippen molar-refractivity contribution in [2.24, 2.45) is 12.8 Å². The third kappa shape index (κ3) is 4.36. The molecule has 0 saturated heterocycles. The molecule has 1 aliphatic rings. The zero-order chi connectivity index (χ0) is 23.0. The van der Waals surface area contributed by atoms with Gasteiger partial charge in [-0.05, 0) is 64.2 Å². The fraction of sp³-hybridized carbons (Fsp3) is 0.455. The lowest BCUT2D eigenvalue weighted by molar-refractivity contribution is -0.115. The molecular weight excluding hydrogens is 420 g/mol. The fourth-order valence-corrected chi connectivity index (χ4v) is 4.68. The largest absolute Gasteiger partial charge is 0.393 e. The highest BCUT2D eigenvalue weighted by Gasteiger charge is 2.36. The van der Waals surface area contributed by atoms with E-state index >= 15 is 0 Å². The Morgan fingerprint density at radius 2 is 1.77 bits per heavy atom. The van der Waals surface area contributed by atoms with Crippen LogP contribution >= 0.6 is 11.6 Å². The van der Waals surface area contributed by atoms with Crippen LogP contribution < -0.4 is 10.6 Å². The fourth-order valence-electron chi connectivity index (χ4n) is 4.43. The minimum atomic E-state index is -0.729. The standard InChI is InChI=1S/C22H27ClN4O4/c1-11-9-15(10-17(23)25-11)27(14-5-7-16(28)8-6-14)22(31)20(29)19-12(2)18(21(24)30)13(3)26(19)4/h9-10,14,16,28H,5-8H2,1-4H3,(H2,24,30). The van der Waals surface area contributed by atoms with Gasteiger partial charge in [0.1, 0.15) is 5.15 Å². The molecular formula is C22H27ClN4O4. The van der Waals surface area contributed by atoms with Gasteiger partial charge in [-0.2, -0.15) is 0 Å². The van der Waals surface area contributed by atoms with Crippen LogP contribution in [0, 0.1) is 20.8 Å². The van der Waals surface area contributed by atoms with E-state index in [1.54, 1.807) is 40.0 Å². The molecule has 166 valence electrons. The summed E-state index contributed by atoms with van der Waals surface area (Å²) in [5.74, 6) is -2.10. The van der Waals surface area contributed by atoms with Crippen LogP contribution in [0.2, 0.25) is 5.15 Å². The summed E-state index contributed by atoms with van der Waals surface area (Å²) in [7, 11) is 1.63. The molecule has 1 saturated carbocycles. The smallest absolute Gasteiger partial charge is 0.301 e. The highest BCUT2D eigenvalue weighted by atomic mass is 35.5. The van der Waals surface area contributed by atoms with E-state index in [0.717, 1.165) is 0 Å². The summed E-state index contributed by atoms with van der Waals surface area (Å²) in [6, 6.07) is 3.00. The number of aromatic nitrogens is 2. The van der Waals surface area contributed by atoms with E-state index in [1.807, 2.05) is 0 Å². The van der Waals surface area contributed by atoms with Gasteiger partial charge >= 0.3 is 5.91 Å². The Balaban J connectivity index is 2.07. The van der Waals surface area contributed by atoms with Crippen molar-refractivity contribution < 1.29 is 19.5 Å². The predicted octanol–water partition coefficient (Wildman–Crippen LogP) is 2.62. The number of nitrogens with zero attached hydrogens (tertiary/aromatic N) is 3. The first-order valence-electron chi connectivity index (χ1n) is 10.2. The van der Waals surface area contributed by atoms with Crippen molar-refractivity contribution in [1.82, 2.24) is 9.55 Å². The van der Waals surface area contributed by atoms with Gasteiger partial charge in [0.25, 0.3) is 11.7 Å². The average Bonchev–Trinajstić information content (AvgIpc) is 2.90. The molecule has 0 aromatic carbocycles. The van der Waals surface area contributed by atoms with Crippen molar-refractivity contribution in [2.45, 2.75) is 58.6 Å². The third-order valence-electron chi connectivity index (χ3n) is 6.02. The van der Waals surface area contributed by atoms with Crippen LogP contribution in [0.5, 0.6) is 0 Å². The van der Waals surface area contributed by atoms with Crippen LogP contribution in [-0.4, -0.2) is 44.4 Å². The number of primary amides is 1. The number of ketones is 1. The van der Waals surface area contributed by atoms with Crippen LogP contribution in [-0.2, 0) is 11.8 Å². The van der Waals surface area contributed by atoms with Gasteiger partial charge in [0.05, 0.1) is 17.4 Å². The van der Waals surface area contributed by atoms with Crippen LogP contribution in [0.25, 0.3) is 0 Å². The average molecular weight is 447 g/mol. The number of hydrogen-bond donors (Lipinski definition) is 2. The zero-order valence-electron chi connectivity index (χ0n) is 18.1. The highest BCUT2D eigenvalue weighted by Crippen LogP contribution is 2.31. The first-order valence-corrected chi connectivity index (χ1v) is 10.6. The Labute approximate surface area is 186 Å². The number of halogens is 1. The maximum atomic E-state index is 13.6. The number of hydrogen-bond acceptors (Lipinski definition) is 5. The van der Waals surface area contributed by atoms with E-state index in [1.165, 1.54) is 9.47 Å². The molecule has 3 N–H and O–H groups in total. The van der Waals surface area contributed by atoms with Crippen LogP contribution in [0.4, 0.5) is 5.69 Å². The number of aliphatic hydroxyl groups excluding tert-OH is 1. The zero-order valence-corrected chi connectivity index (χ0v) is 18.9. The van der Waals surface area contributed by atoms with Crippen LogP contribution in [0.15, 0.2) is 12.1 Å². The maximum Gasteiger partial charge on any atom is 0.301 e. The monoisotopic (exact) mass is 446 g/mol. The number of aliphatic hydroxyl groups is 1. The molecule has 8 nitrogen and oxygen atoms in total. The number of carbonyl (C=O) groups excluding carboxylic acids is 3.